The van der Waals surface area contributed by atoms with E-state index in [2.05, 4.69) is 15.9 Å². The summed E-state index contributed by atoms with van der Waals surface area (Å²) in [6.45, 7) is 1.87. The Balaban J connectivity index is 2.25. The van der Waals surface area contributed by atoms with Crippen LogP contribution in [-0.2, 0) is 0 Å². The molecule has 2 aromatic rings. The van der Waals surface area contributed by atoms with E-state index in [4.69, 9.17) is 22.1 Å². The highest BCUT2D eigenvalue weighted by Crippen LogP contribution is 2.32. The molecule has 0 saturated carbocycles. The minimum atomic E-state index is -0.388. The molecule has 0 amide bonds. The molecule has 1 atom stereocenters. The quantitative estimate of drug-likeness (QED) is 0.845. The molecule has 2 N–H and O–H groups in total. The van der Waals surface area contributed by atoms with Crippen molar-refractivity contribution in [2.45, 2.75) is 13.0 Å². The lowest BCUT2D eigenvalue weighted by Gasteiger charge is -2.11. The van der Waals surface area contributed by atoms with Crippen LogP contribution < -0.4 is 10.5 Å². The fourth-order valence-electron chi connectivity index (χ4n) is 1.55. The van der Waals surface area contributed by atoms with Gasteiger partial charge in [-0.2, -0.15) is 0 Å². The molecule has 0 aliphatic heterocycles. The lowest BCUT2D eigenvalue weighted by Crippen LogP contribution is -2.04. The van der Waals surface area contributed by atoms with Crippen LogP contribution in [0.5, 0.6) is 11.5 Å². The zero-order valence-electron chi connectivity index (χ0n) is 10.2. The van der Waals surface area contributed by atoms with Crippen LogP contribution in [0.2, 0.25) is 5.02 Å². The van der Waals surface area contributed by atoms with E-state index in [1.165, 1.54) is 6.07 Å². The smallest absolute Gasteiger partial charge is 0.146 e. The summed E-state index contributed by atoms with van der Waals surface area (Å²) in [6, 6.07) is 9.73. The van der Waals surface area contributed by atoms with E-state index in [-0.39, 0.29) is 11.9 Å². The summed E-state index contributed by atoms with van der Waals surface area (Å²) in [7, 11) is 0. The van der Waals surface area contributed by atoms with Crippen LogP contribution in [0.15, 0.2) is 40.9 Å². The van der Waals surface area contributed by atoms with Crippen LogP contribution in [0.4, 0.5) is 4.39 Å². The van der Waals surface area contributed by atoms with Crippen molar-refractivity contribution < 1.29 is 9.13 Å². The van der Waals surface area contributed by atoms with Gasteiger partial charge in [-0.3, -0.25) is 0 Å². The molecular formula is C14H12BrClFNO. The molecule has 0 aliphatic carbocycles. The van der Waals surface area contributed by atoms with Crippen molar-refractivity contribution in [1.82, 2.24) is 0 Å². The van der Waals surface area contributed by atoms with Crippen molar-refractivity contribution in [3.63, 3.8) is 0 Å². The molecule has 0 heterocycles. The van der Waals surface area contributed by atoms with Gasteiger partial charge in [-0.15, -0.1) is 0 Å². The average molecular weight is 345 g/mol. The SMILES string of the molecule is CC(N)c1ccc(Oc2ccc(Br)c(F)c2)c(Cl)c1. The standard InChI is InChI=1S/C14H12BrClFNO/c1-8(18)9-2-5-14(12(16)6-9)19-10-3-4-11(15)13(17)7-10/h2-8H,18H2,1H3. The van der Waals surface area contributed by atoms with E-state index in [0.717, 1.165) is 5.56 Å². The summed E-state index contributed by atoms with van der Waals surface area (Å²) in [5.41, 5.74) is 6.68. The first-order valence-corrected chi connectivity index (χ1v) is 6.82. The van der Waals surface area contributed by atoms with E-state index >= 15 is 0 Å². The molecule has 2 aromatic carbocycles. The highest BCUT2D eigenvalue weighted by atomic mass is 79.9. The van der Waals surface area contributed by atoms with Gasteiger partial charge in [0.1, 0.15) is 17.3 Å². The molecule has 2 nitrogen and oxygen atoms in total. The first kappa shape index (κ1) is 14.3. The Morgan fingerprint density at radius 3 is 2.58 bits per heavy atom. The lowest BCUT2D eigenvalue weighted by atomic mass is 10.1. The minimum absolute atomic E-state index is 0.100. The molecule has 0 aromatic heterocycles. The van der Waals surface area contributed by atoms with Crippen LogP contribution in [0, 0.1) is 5.82 Å². The maximum atomic E-state index is 13.4. The molecule has 1 unspecified atom stereocenters. The lowest BCUT2D eigenvalue weighted by molar-refractivity contribution is 0.476. The first-order valence-electron chi connectivity index (χ1n) is 5.65. The van der Waals surface area contributed by atoms with Gasteiger partial charge in [0.15, 0.2) is 0 Å². The van der Waals surface area contributed by atoms with Crippen molar-refractivity contribution in [1.29, 1.82) is 0 Å². The van der Waals surface area contributed by atoms with Crippen LogP contribution >= 0.6 is 27.5 Å². The van der Waals surface area contributed by atoms with Gasteiger partial charge in [-0.1, -0.05) is 17.7 Å². The third kappa shape index (κ3) is 3.47. The number of ether oxygens (including phenoxy) is 1. The first-order chi connectivity index (χ1) is 8.97. The second-order valence-electron chi connectivity index (χ2n) is 4.16. The van der Waals surface area contributed by atoms with Gasteiger partial charge < -0.3 is 10.5 Å². The topological polar surface area (TPSA) is 35.2 Å². The van der Waals surface area contributed by atoms with Crippen LogP contribution in [0.1, 0.15) is 18.5 Å². The molecule has 0 fully saturated rings. The van der Waals surface area contributed by atoms with E-state index < -0.39 is 0 Å². The second-order valence-corrected chi connectivity index (χ2v) is 5.42. The maximum absolute atomic E-state index is 13.4. The summed E-state index contributed by atoms with van der Waals surface area (Å²) in [5, 5.41) is 0.443. The molecule has 19 heavy (non-hydrogen) atoms. The fraction of sp³-hybridized carbons (Fsp3) is 0.143. The van der Waals surface area contributed by atoms with Crippen molar-refractivity contribution in [3.8, 4) is 11.5 Å². The molecule has 5 heteroatoms. The number of nitrogens with two attached hydrogens (primary N) is 1. The Kier molecular flexibility index (Phi) is 4.45. The molecule has 100 valence electrons. The minimum Gasteiger partial charge on any atom is -0.456 e. The monoisotopic (exact) mass is 343 g/mol. The van der Waals surface area contributed by atoms with Gasteiger partial charge >= 0.3 is 0 Å². The summed E-state index contributed by atoms with van der Waals surface area (Å²) in [5.74, 6) is 0.463. The molecule has 0 bridgehead atoms. The van der Waals surface area contributed by atoms with Gasteiger partial charge in [-0.25, -0.2) is 4.39 Å². The van der Waals surface area contributed by atoms with Gasteiger partial charge in [0.05, 0.1) is 9.50 Å². The van der Waals surface area contributed by atoms with Gasteiger partial charge in [0, 0.05) is 12.1 Å². The van der Waals surface area contributed by atoms with E-state index in [1.54, 1.807) is 24.3 Å². The highest BCUT2D eigenvalue weighted by Gasteiger charge is 2.08. The van der Waals surface area contributed by atoms with Crippen LogP contribution in [0.25, 0.3) is 0 Å². The van der Waals surface area contributed by atoms with Gasteiger partial charge in [0.25, 0.3) is 0 Å². The normalized spacial score (nSPS) is 12.3. The number of rotatable bonds is 3. The largest absolute Gasteiger partial charge is 0.456 e. The summed E-state index contributed by atoms with van der Waals surface area (Å²) in [4.78, 5) is 0. The number of halogens is 3. The van der Waals surface area contributed by atoms with Crippen LogP contribution in [-0.4, -0.2) is 0 Å². The van der Waals surface area contributed by atoms with E-state index in [9.17, 15) is 4.39 Å². The Bertz CT molecular complexity index is 604. The Morgan fingerprint density at radius 1 is 1.26 bits per heavy atom. The van der Waals surface area contributed by atoms with Gasteiger partial charge in [-0.05, 0) is 52.7 Å². The molecule has 0 aliphatic rings. The summed E-state index contributed by atoms with van der Waals surface area (Å²) in [6.07, 6.45) is 0. The number of hydrogen-bond acceptors (Lipinski definition) is 2. The number of hydrogen-bond donors (Lipinski definition) is 1. The average Bonchev–Trinajstić information content (AvgIpc) is 2.36. The van der Waals surface area contributed by atoms with Crippen LogP contribution in [0.3, 0.4) is 0 Å². The maximum Gasteiger partial charge on any atom is 0.146 e. The van der Waals surface area contributed by atoms with Gasteiger partial charge in [0.2, 0.25) is 0 Å². The third-order valence-corrected chi connectivity index (χ3v) is 3.54. The predicted octanol–water partition coefficient (Wildman–Crippen LogP) is 5.05. The zero-order valence-corrected chi connectivity index (χ0v) is 12.5. The molecule has 0 radical (unpaired) electrons. The Hall–Kier alpha value is -1.10. The Labute approximate surface area is 124 Å². The van der Waals surface area contributed by atoms with E-state index in [0.29, 0.717) is 21.0 Å². The third-order valence-electron chi connectivity index (χ3n) is 2.60. The molecule has 2 rings (SSSR count). The Morgan fingerprint density at radius 2 is 2.00 bits per heavy atom. The molecule has 0 saturated heterocycles. The second kappa shape index (κ2) is 5.90. The summed E-state index contributed by atoms with van der Waals surface area (Å²) >= 11 is 9.20. The van der Waals surface area contributed by atoms with Crippen molar-refractivity contribution in [2.75, 3.05) is 0 Å². The van der Waals surface area contributed by atoms with Crippen molar-refractivity contribution >= 4 is 27.5 Å². The summed E-state index contributed by atoms with van der Waals surface area (Å²) < 4.78 is 19.3. The van der Waals surface area contributed by atoms with Crippen molar-refractivity contribution in [3.05, 3.63) is 57.3 Å². The molecular weight excluding hydrogens is 333 g/mol. The van der Waals surface area contributed by atoms with Crippen molar-refractivity contribution in [2.24, 2.45) is 5.73 Å². The highest BCUT2D eigenvalue weighted by molar-refractivity contribution is 9.10. The fourth-order valence-corrected chi connectivity index (χ4v) is 2.02. The molecule has 0 spiro atoms. The zero-order chi connectivity index (χ0) is 14.0. The van der Waals surface area contributed by atoms with E-state index in [1.807, 2.05) is 13.0 Å². The number of benzene rings is 2. The predicted molar refractivity (Wildman–Crippen MR) is 78.2 cm³/mol.